The van der Waals surface area contributed by atoms with E-state index in [-0.39, 0.29) is 42.0 Å². The van der Waals surface area contributed by atoms with Crippen molar-refractivity contribution in [3.05, 3.63) is 11.6 Å². The molecule has 5 rings (SSSR count). The summed E-state index contributed by atoms with van der Waals surface area (Å²) in [6, 6.07) is 0. The summed E-state index contributed by atoms with van der Waals surface area (Å²) in [4.78, 5) is 26.5. The molecule has 0 aromatic heterocycles. The molecule has 0 spiro atoms. The number of hydrogen-bond acceptors (Lipinski definition) is 8. The first-order valence-electron chi connectivity index (χ1n) is 16.8. The monoisotopic (exact) mass is 682 g/mol. The van der Waals surface area contributed by atoms with Gasteiger partial charge in [0.1, 0.15) is 6.10 Å². The van der Waals surface area contributed by atoms with E-state index in [9.17, 15) is 24.9 Å². The van der Waals surface area contributed by atoms with Crippen molar-refractivity contribution in [2.45, 2.75) is 160 Å². The fourth-order valence-corrected chi connectivity index (χ4v) is 10.6. The van der Waals surface area contributed by atoms with Gasteiger partial charge in [0.25, 0.3) is 0 Å². The molecule has 0 radical (unpaired) electrons. The minimum atomic E-state index is -1.19. The van der Waals surface area contributed by atoms with Gasteiger partial charge in [-0.15, -0.1) is 0 Å². The number of unbranched alkanes of at least 4 members (excludes halogenated alkanes) is 1. The molecule has 0 bridgehead atoms. The largest absolute Gasteiger partial charge is 0.460 e. The third-order valence-electron chi connectivity index (χ3n) is 12.4. The van der Waals surface area contributed by atoms with Gasteiger partial charge in [0.15, 0.2) is 11.6 Å². The molecular weight excluding hydrogens is 628 g/mol. The molecule has 4 fully saturated rings. The van der Waals surface area contributed by atoms with Crippen molar-refractivity contribution >= 4 is 27.7 Å². The van der Waals surface area contributed by atoms with Gasteiger partial charge in [-0.2, -0.15) is 0 Å². The number of allylic oxidation sites excluding steroid dienone is 1. The summed E-state index contributed by atoms with van der Waals surface area (Å²) in [7, 11) is 0. The predicted octanol–water partition coefficient (Wildman–Crippen LogP) is 5.77. The van der Waals surface area contributed by atoms with Crippen molar-refractivity contribution in [3.63, 3.8) is 0 Å². The lowest BCUT2D eigenvalue weighted by molar-refractivity contribution is -0.193. The van der Waals surface area contributed by atoms with Gasteiger partial charge in [0.2, 0.25) is 0 Å². The Balaban J connectivity index is 1.42. The first-order chi connectivity index (χ1) is 20.3. The quantitative estimate of drug-likeness (QED) is 0.159. The second kappa shape index (κ2) is 11.7. The Morgan fingerprint density at radius 3 is 2.48 bits per heavy atom. The zero-order chi connectivity index (χ0) is 32.5. The van der Waals surface area contributed by atoms with Gasteiger partial charge in [0, 0.05) is 23.1 Å². The SMILES string of the molecule is CC(C)(O)CC[C@H]1OC(C)(C)O[C@]1(C)[C@H]1CC[C@@]2(O)C3=CC(=O)[C@@H]4C[C@@H](O)[C@@H](OC(=O)CCCCBr)C[C@]4(C)[C@H]3CC[C@]12C. The van der Waals surface area contributed by atoms with Crippen LogP contribution in [0.1, 0.15) is 119 Å². The molecule has 0 aromatic carbocycles. The Morgan fingerprint density at radius 1 is 1.11 bits per heavy atom. The van der Waals surface area contributed by atoms with Gasteiger partial charge in [-0.25, -0.2) is 0 Å². The number of fused-ring (bicyclic) bond motifs is 5. The van der Waals surface area contributed by atoms with Crippen LogP contribution in [0.15, 0.2) is 11.6 Å². The molecule has 250 valence electrons. The van der Waals surface area contributed by atoms with Gasteiger partial charge >= 0.3 is 5.97 Å². The molecule has 0 aromatic rings. The summed E-state index contributed by atoms with van der Waals surface area (Å²) >= 11 is 3.39. The van der Waals surface area contributed by atoms with Crippen molar-refractivity contribution in [1.29, 1.82) is 0 Å². The molecule has 0 amide bonds. The van der Waals surface area contributed by atoms with Crippen LogP contribution in [0.5, 0.6) is 0 Å². The number of aliphatic hydroxyl groups is 3. The van der Waals surface area contributed by atoms with Crippen LogP contribution in [0.25, 0.3) is 0 Å². The predicted molar refractivity (Wildman–Crippen MR) is 170 cm³/mol. The van der Waals surface area contributed by atoms with Crippen LogP contribution in [0, 0.1) is 28.6 Å². The average molecular weight is 684 g/mol. The maximum Gasteiger partial charge on any atom is 0.306 e. The smallest absolute Gasteiger partial charge is 0.306 e. The van der Waals surface area contributed by atoms with E-state index >= 15 is 0 Å². The van der Waals surface area contributed by atoms with Crippen molar-refractivity contribution in [3.8, 4) is 0 Å². The van der Waals surface area contributed by atoms with Crippen molar-refractivity contribution in [1.82, 2.24) is 0 Å². The van der Waals surface area contributed by atoms with E-state index in [4.69, 9.17) is 14.2 Å². The van der Waals surface area contributed by atoms with E-state index in [1.54, 1.807) is 6.08 Å². The second-order valence-corrected chi connectivity index (χ2v) is 17.1. The highest BCUT2D eigenvalue weighted by Gasteiger charge is 2.71. The molecule has 1 saturated heterocycles. The van der Waals surface area contributed by atoms with E-state index in [1.165, 1.54) is 0 Å². The van der Waals surface area contributed by atoms with E-state index in [0.29, 0.717) is 32.1 Å². The standard InChI is InChI=1S/C35H55BrO8/c1-30(2,40)14-13-28-34(7,44-31(3,4)43-28)27-12-16-35(41)22-18-24(37)23-19-25(38)26(42-29(39)10-8-9-17-36)20-32(23,5)21(22)11-15-33(27,35)6/h18,21,23,25-28,38,40-41H,8-17,19-20H2,1-7H3/t21-,23-,25+,26-,27-,28+,32+,33+,34+,35+/m0/s1. The maximum atomic E-state index is 13.8. The number of ketones is 1. The lowest BCUT2D eigenvalue weighted by Crippen LogP contribution is -2.62. The summed E-state index contributed by atoms with van der Waals surface area (Å²) in [5.41, 5.74) is -2.99. The number of rotatable bonds is 9. The van der Waals surface area contributed by atoms with Gasteiger partial charge in [0.05, 0.1) is 29.0 Å². The molecule has 8 nitrogen and oxygen atoms in total. The fraction of sp³-hybridized carbons (Fsp3) is 0.886. The van der Waals surface area contributed by atoms with Gasteiger partial charge in [-0.05, 0) is 128 Å². The van der Waals surface area contributed by atoms with Crippen molar-refractivity contribution < 1.29 is 39.1 Å². The van der Waals surface area contributed by atoms with Gasteiger partial charge in [-0.1, -0.05) is 29.8 Å². The summed E-state index contributed by atoms with van der Waals surface area (Å²) in [5.74, 6) is -1.61. The number of aliphatic hydroxyl groups excluding tert-OH is 1. The van der Waals surface area contributed by atoms with Crippen molar-refractivity contribution in [2.75, 3.05) is 5.33 Å². The first-order valence-corrected chi connectivity index (χ1v) is 17.9. The lowest BCUT2D eigenvalue weighted by atomic mass is 9.45. The topological polar surface area (TPSA) is 123 Å². The normalized spacial score (nSPS) is 44.9. The third-order valence-corrected chi connectivity index (χ3v) is 12.9. The molecule has 9 heteroatoms. The zero-order valence-corrected chi connectivity index (χ0v) is 29.4. The maximum absolute atomic E-state index is 13.8. The first kappa shape index (κ1) is 34.5. The molecule has 5 aliphatic rings. The molecule has 0 unspecified atom stereocenters. The number of hydrogen-bond donors (Lipinski definition) is 3. The highest BCUT2D eigenvalue weighted by atomic mass is 79.9. The van der Waals surface area contributed by atoms with Crippen LogP contribution in [-0.2, 0) is 23.8 Å². The molecule has 3 N–H and O–H groups in total. The van der Waals surface area contributed by atoms with Crippen LogP contribution in [0.2, 0.25) is 0 Å². The Hall–Kier alpha value is -0.840. The van der Waals surface area contributed by atoms with E-state index in [0.717, 1.165) is 43.0 Å². The molecule has 44 heavy (non-hydrogen) atoms. The highest BCUT2D eigenvalue weighted by Crippen LogP contribution is 2.70. The molecule has 1 heterocycles. The van der Waals surface area contributed by atoms with E-state index < -0.39 is 45.6 Å². The summed E-state index contributed by atoms with van der Waals surface area (Å²) < 4.78 is 19.1. The highest BCUT2D eigenvalue weighted by molar-refractivity contribution is 9.09. The number of ether oxygens (including phenoxy) is 3. The third kappa shape index (κ3) is 5.78. The number of carbonyl (C=O) groups excluding carboxylic acids is 2. The molecule has 1 aliphatic heterocycles. The Bertz CT molecular complexity index is 1160. The van der Waals surface area contributed by atoms with Gasteiger partial charge in [-0.3, -0.25) is 9.59 Å². The summed E-state index contributed by atoms with van der Waals surface area (Å²) in [6.45, 7) is 13.9. The van der Waals surface area contributed by atoms with Gasteiger partial charge < -0.3 is 29.5 Å². The Morgan fingerprint density at radius 2 is 1.82 bits per heavy atom. The summed E-state index contributed by atoms with van der Waals surface area (Å²) in [6.07, 6.45) is 6.46. The minimum absolute atomic E-state index is 0.0301. The number of alkyl halides is 1. The molecule has 3 saturated carbocycles. The summed E-state index contributed by atoms with van der Waals surface area (Å²) in [5, 5.41) is 35.1. The zero-order valence-electron chi connectivity index (χ0n) is 27.8. The number of halogens is 1. The van der Waals surface area contributed by atoms with E-state index in [2.05, 4.69) is 36.7 Å². The van der Waals surface area contributed by atoms with Crippen molar-refractivity contribution in [2.24, 2.45) is 28.6 Å². The minimum Gasteiger partial charge on any atom is -0.460 e. The average Bonchev–Trinajstić information content (AvgIpc) is 3.33. The molecule has 10 atom stereocenters. The lowest BCUT2D eigenvalue weighted by Gasteiger charge is -2.61. The van der Waals surface area contributed by atoms with Crippen LogP contribution in [0.4, 0.5) is 0 Å². The molecular formula is C35H55BrO8. The Kier molecular flexibility index (Phi) is 9.17. The van der Waals surface area contributed by atoms with Crippen LogP contribution in [-0.4, -0.2) is 73.3 Å². The van der Waals surface area contributed by atoms with Crippen LogP contribution < -0.4 is 0 Å². The van der Waals surface area contributed by atoms with E-state index in [1.807, 2.05) is 27.7 Å². The number of esters is 1. The fourth-order valence-electron chi connectivity index (χ4n) is 10.2. The molecule has 4 aliphatic carbocycles. The van der Waals surface area contributed by atoms with Crippen LogP contribution in [0.3, 0.4) is 0 Å². The Labute approximate surface area is 271 Å². The second-order valence-electron chi connectivity index (χ2n) is 16.3. The number of carbonyl (C=O) groups is 2. The van der Waals surface area contributed by atoms with Crippen LogP contribution >= 0.6 is 15.9 Å².